The van der Waals surface area contributed by atoms with Crippen molar-refractivity contribution < 1.29 is 0 Å². The number of hydrogen-bond donors (Lipinski definition) is 0. The molecule has 0 unspecified atom stereocenters. The molecule has 2 rings (SSSR count). The van der Waals surface area contributed by atoms with Gasteiger partial charge in [0.25, 0.3) is 0 Å². The first kappa shape index (κ1) is 8.52. The highest BCUT2D eigenvalue weighted by atomic mass is 15.3. The molecule has 0 aliphatic heterocycles. The molecule has 3 nitrogen and oxygen atoms in total. The maximum atomic E-state index is 6.83. The van der Waals surface area contributed by atoms with E-state index in [0.29, 0.717) is 5.69 Å². The van der Waals surface area contributed by atoms with Crippen LogP contribution in [0, 0.1) is 13.5 Å². The van der Waals surface area contributed by atoms with Crippen molar-refractivity contribution >= 4 is 5.69 Å². The Bertz CT molecular complexity index is 474. The van der Waals surface area contributed by atoms with Gasteiger partial charge in [-0.25, -0.2) is 9.53 Å². The molecule has 0 amide bonds. The van der Waals surface area contributed by atoms with Gasteiger partial charge in [-0.1, -0.05) is 12.1 Å². The topological polar surface area (TPSA) is 22.2 Å². The number of hydrogen-bond acceptors (Lipinski definition) is 1. The zero-order chi connectivity index (χ0) is 9.97. The predicted molar refractivity (Wildman–Crippen MR) is 54.6 cm³/mol. The minimum absolute atomic E-state index is 0.651. The molecule has 0 spiro atoms. The van der Waals surface area contributed by atoms with Crippen LogP contribution in [0.2, 0.25) is 0 Å². The van der Waals surface area contributed by atoms with Gasteiger partial charge in [0.2, 0.25) is 0 Å². The Labute approximate surface area is 82.4 Å². The van der Waals surface area contributed by atoms with Gasteiger partial charge in [-0.05, 0) is 25.1 Å². The second-order valence-corrected chi connectivity index (χ2v) is 3.03. The van der Waals surface area contributed by atoms with E-state index in [-0.39, 0.29) is 0 Å². The summed E-state index contributed by atoms with van der Waals surface area (Å²) < 4.78 is 1.79. The highest BCUT2D eigenvalue weighted by Gasteiger charge is 1.97. The highest BCUT2D eigenvalue weighted by molar-refractivity contribution is 5.49. The third-order valence-corrected chi connectivity index (χ3v) is 1.97. The van der Waals surface area contributed by atoms with Crippen molar-refractivity contribution in [3.8, 4) is 5.69 Å². The van der Waals surface area contributed by atoms with Crippen LogP contribution in [-0.4, -0.2) is 9.78 Å². The molecule has 0 fully saturated rings. The van der Waals surface area contributed by atoms with Crippen molar-refractivity contribution in [3.05, 3.63) is 53.6 Å². The third kappa shape index (κ3) is 1.50. The summed E-state index contributed by atoms with van der Waals surface area (Å²) in [5.41, 5.74) is 2.61. The van der Waals surface area contributed by atoms with Crippen molar-refractivity contribution in [2.45, 2.75) is 6.92 Å². The third-order valence-electron chi connectivity index (χ3n) is 1.97. The largest absolute Gasteiger partial charge is 0.241 e. The lowest BCUT2D eigenvalue weighted by Crippen LogP contribution is -1.93. The molecular formula is C11H9N3. The maximum Gasteiger partial charge on any atom is 0.187 e. The van der Waals surface area contributed by atoms with Crippen LogP contribution in [-0.2, 0) is 0 Å². The molecule has 1 aromatic heterocycles. The summed E-state index contributed by atoms with van der Waals surface area (Å²) in [6.45, 7) is 8.77. The average molecular weight is 183 g/mol. The molecule has 68 valence electrons. The maximum absolute atomic E-state index is 6.83. The van der Waals surface area contributed by atoms with E-state index in [1.807, 2.05) is 31.3 Å². The van der Waals surface area contributed by atoms with Gasteiger partial charge in [-0.3, -0.25) is 0 Å². The van der Waals surface area contributed by atoms with Gasteiger partial charge in [-0.2, -0.15) is 5.10 Å². The van der Waals surface area contributed by atoms with Gasteiger partial charge in [0.05, 0.1) is 18.0 Å². The molecule has 0 saturated heterocycles. The normalized spacial score (nSPS) is 9.71. The predicted octanol–water partition coefficient (Wildman–Crippen LogP) is 2.73. The lowest BCUT2D eigenvalue weighted by molar-refractivity contribution is 0.863. The second-order valence-electron chi connectivity index (χ2n) is 3.03. The standard InChI is InChI=1S/C11H9N3/c1-9-7-8-14(13-9)11-5-3-10(12-2)4-6-11/h3-8H,1H3. The van der Waals surface area contributed by atoms with Crippen LogP contribution < -0.4 is 0 Å². The molecule has 1 heterocycles. The number of aromatic nitrogens is 2. The lowest BCUT2D eigenvalue weighted by atomic mass is 10.3. The van der Waals surface area contributed by atoms with Crippen LogP contribution in [0.25, 0.3) is 10.5 Å². The molecule has 0 saturated carbocycles. The van der Waals surface area contributed by atoms with Crippen molar-refractivity contribution in [2.24, 2.45) is 0 Å². The quantitative estimate of drug-likeness (QED) is 0.623. The van der Waals surface area contributed by atoms with Crippen LogP contribution in [0.3, 0.4) is 0 Å². The molecule has 0 aliphatic carbocycles. The molecule has 0 radical (unpaired) electrons. The Morgan fingerprint density at radius 2 is 1.93 bits per heavy atom. The van der Waals surface area contributed by atoms with Crippen LogP contribution >= 0.6 is 0 Å². The number of aryl methyl sites for hydroxylation is 1. The van der Waals surface area contributed by atoms with Gasteiger partial charge in [0.15, 0.2) is 5.69 Å². The zero-order valence-corrected chi connectivity index (χ0v) is 7.81. The summed E-state index contributed by atoms with van der Waals surface area (Å²) in [5.74, 6) is 0. The summed E-state index contributed by atoms with van der Waals surface area (Å²) in [6, 6.07) is 9.31. The Balaban J connectivity index is 2.39. The Hall–Kier alpha value is -2.08. The second kappa shape index (κ2) is 3.35. The molecular weight excluding hydrogens is 174 g/mol. The molecule has 0 atom stereocenters. The summed E-state index contributed by atoms with van der Waals surface area (Å²) in [5, 5.41) is 4.28. The van der Waals surface area contributed by atoms with Gasteiger partial charge < -0.3 is 0 Å². The fourth-order valence-electron chi connectivity index (χ4n) is 1.24. The van der Waals surface area contributed by atoms with Crippen molar-refractivity contribution in [1.82, 2.24) is 9.78 Å². The number of rotatable bonds is 1. The van der Waals surface area contributed by atoms with Gasteiger partial charge in [0, 0.05) is 6.20 Å². The molecule has 0 N–H and O–H groups in total. The Morgan fingerprint density at radius 1 is 1.21 bits per heavy atom. The molecule has 14 heavy (non-hydrogen) atoms. The molecule has 1 aromatic carbocycles. The van der Waals surface area contributed by atoms with E-state index in [9.17, 15) is 0 Å². The average Bonchev–Trinajstić information content (AvgIpc) is 2.65. The van der Waals surface area contributed by atoms with Gasteiger partial charge >= 0.3 is 0 Å². The van der Waals surface area contributed by atoms with Crippen LogP contribution in [0.15, 0.2) is 36.5 Å². The van der Waals surface area contributed by atoms with Crippen LogP contribution in [0.4, 0.5) is 5.69 Å². The van der Waals surface area contributed by atoms with Crippen molar-refractivity contribution in [2.75, 3.05) is 0 Å². The van der Waals surface area contributed by atoms with E-state index in [2.05, 4.69) is 9.94 Å². The van der Waals surface area contributed by atoms with Gasteiger partial charge in [-0.15, -0.1) is 0 Å². The van der Waals surface area contributed by atoms with Crippen LogP contribution in [0.5, 0.6) is 0 Å². The van der Waals surface area contributed by atoms with E-state index in [1.54, 1.807) is 16.8 Å². The highest BCUT2D eigenvalue weighted by Crippen LogP contribution is 2.15. The van der Waals surface area contributed by atoms with Gasteiger partial charge in [0.1, 0.15) is 0 Å². The molecule has 2 aromatic rings. The van der Waals surface area contributed by atoms with E-state index in [4.69, 9.17) is 6.57 Å². The molecule has 3 heteroatoms. The molecule has 0 bridgehead atoms. The fourth-order valence-corrected chi connectivity index (χ4v) is 1.24. The van der Waals surface area contributed by atoms with Crippen molar-refractivity contribution in [3.63, 3.8) is 0 Å². The van der Waals surface area contributed by atoms with Crippen molar-refractivity contribution in [1.29, 1.82) is 0 Å². The molecule has 0 aliphatic rings. The van der Waals surface area contributed by atoms with E-state index in [1.165, 1.54) is 0 Å². The van der Waals surface area contributed by atoms with E-state index >= 15 is 0 Å². The Morgan fingerprint density at radius 3 is 2.43 bits per heavy atom. The smallest absolute Gasteiger partial charge is 0.187 e. The first-order chi connectivity index (χ1) is 6.79. The minimum Gasteiger partial charge on any atom is -0.241 e. The van der Waals surface area contributed by atoms with E-state index < -0.39 is 0 Å². The monoisotopic (exact) mass is 183 g/mol. The number of benzene rings is 1. The fraction of sp³-hybridized carbons (Fsp3) is 0.0909. The minimum atomic E-state index is 0.651. The van der Waals surface area contributed by atoms with E-state index in [0.717, 1.165) is 11.4 Å². The SMILES string of the molecule is [C-]#[N+]c1ccc(-n2ccc(C)n2)cc1. The summed E-state index contributed by atoms with van der Waals surface area (Å²) in [6.07, 6.45) is 1.90. The summed E-state index contributed by atoms with van der Waals surface area (Å²) in [7, 11) is 0. The Kier molecular flexibility index (Phi) is 2.04. The summed E-state index contributed by atoms with van der Waals surface area (Å²) >= 11 is 0. The first-order valence-electron chi connectivity index (χ1n) is 4.30. The zero-order valence-electron chi connectivity index (χ0n) is 7.81. The number of nitrogens with zero attached hydrogens (tertiary/aromatic N) is 3. The summed E-state index contributed by atoms with van der Waals surface area (Å²) in [4.78, 5) is 3.33. The lowest BCUT2D eigenvalue weighted by Gasteiger charge is -2.00. The van der Waals surface area contributed by atoms with Crippen LogP contribution in [0.1, 0.15) is 5.69 Å². The first-order valence-corrected chi connectivity index (χ1v) is 4.30.